The molecule has 1 aliphatic heterocycles. The van der Waals surface area contributed by atoms with Crippen LogP contribution in [0.25, 0.3) is 6.08 Å². The second-order valence-electron chi connectivity index (χ2n) is 5.45. The van der Waals surface area contributed by atoms with Gasteiger partial charge in [0.05, 0.1) is 5.38 Å². The average molecular weight is 300 g/mol. The summed E-state index contributed by atoms with van der Waals surface area (Å²) in [4.78, 5) is 12.4. The molecule has 0 aromatic heterocycles. The van der Waals surface area contributed by atoms with Crippen LogP contribution in [-0.4, -0.2) is 11.2 Å². The molecule has 21 heavy (non-hydrogen) atoms. The number of carbonyl (C=O) groups excluding carboxylic acids is 1. The largest absolute Gasteiger partial charge is 0.361 e. The van der Waals surface area contributed by atoms with Gasteiger partial charge in [0, 0.05) is 17.8 Å². The van der Waals surface area contributed by atoms with E-state index >= 15 is 0 Å². The Morgan fingerprint density at radius 1 is 1.19 bits per heavy atom. The number of carbonyl (C=O) groups is 1. The molecule has 1 aliphatic carbocycles. The molecule has 1 saturated carbocycles. The summed E-state index contributed by atoms with van der Waals surface area (Å²) in [6.07, 6.45) is 10.6. The Labute approximate surface area is 130 Å². The lowest BCUT2D eigenvalue weighted by Crippen LogP contribution is -2.32. The number of dihydropyridines is 1. The van der Waals surface area contributed by atoms with Crippen LogP contribution in [0.3, 0.4) is 0 Å². The molecule has 2 atom stereocenters. The minimum Gasteiger partial charge on any atom is -0.361 e. The van der Waals surface area contributed by atoms with E-state index in [4.69, 9.17) is 11.6 Å². The highest BCUT2D eigenvalue weighted by atomic mass is 35.5. The zero-order valence-corrected chi connectivity index (χ0v) is 12.5. The second kappa shape index (κ2) is 6.31. The van der Waals surface area contributed by atoms with Crippen LogP contribution < -0.4 is 5.32 Å². The molecule has 1 fully saturated rings. The third-order valence-corrected chi connectivity index (χ3v) is 4.44. The van der Waals surface area contributed by atoms with Crippen molar-refractivity contribution in [3.05, 3.63) is 65.5 Å². The fourth-order valence-electron chi connectivity index (χ4n) is 2.92. The van der Waals surface area contributed by atoms with Crippen LogP contribution in [0.15, 0.2) is 60.0 Å². The van der Waals surface area contributed by atoms with Gasteiger partial charge in [-0.25, -0.2) is 0 Å². The number of hydrogen-bond acceptors (Lipinski definition) is 2. The smallest absolute Gasteiger partial charge is 0.158 e. The predicted molar refractivity (Wildman–Crippen MR) is 86.8 cm³/mol. The van der Waals surface area contributed by atoms with Gasteiger partial charge in [0.2, 0.25) is 0 Å². The minimum absolute atomic E-state index is 0.0892. The van der Waals surface area contributed by atoms with E-state index in [0.717, 1.165) is 36.1 Å². The molecule has 1 aromatic carbocycles. The predicted octanol–water partition coefficient (Wildman–Crippen LogP) is 4.05. The van der Waals surface area contributed by atoms with Gasteiger partial charge in [-0.2, -0.15) is 0 Å². The lowest BCUT2D eigenvalue weighted by Gasteiger charge is -2.28. The second-order valence-corrected chi connectivity index (χ2v) is 5.97. The van der Waals surface area contributed by atoms with Crippen molar-refractivity contribution in [2.45, 2.75) is 24.6 Å². The molecule has 0 bridgehead atoms. The third-order valence-electron chi connectivity index (χ3n) is 4.01. The lowest BCUT2D eigenvalue weighted by molar-refractivity contribution is -0.122. The van der Waals surface area contributed by atoms with E-state index < -0.39 is 0 Å². The fourth-order valence-corrected chi connectivity index (χ4v) is 3.23. The first kappa shape index (κ1) is 14.2. The van der Waals surface area contributed by atoms with Gasteiger partial charge in [-0.05, 0) is 36.1 Å². The number of Topliss-reactive ketones (excluding diaryl/α,β-unsaturated/α-hetero) is 1. The molecule has 3 rings (SSSR count). The number of halogens is 1. The average Bonchev–Trinajstić information content (AvgIpc) is 2.52. The van der Waals surface area contributed by atoms with Gasteiger partial charge in [0.1, 0.15) is 0 Å². The van der Waals surface area contributed by atoms with Gasteiger partial charge in [-0.1, -0.05) is 42.8 Å². The SMILES string of the molecule is O=C1C(Cl)CCCC1C1=CC=CNC1=Cc1ccccc1. The highest BCUT2D eigenvalue weighted by molar-refractivity contribution is 6.31. The first-order chi connectivity index (χ1) is 10.3. The number of benzene rings is 1. The molecular weight excluding hydrogens is 282 g/mol. The summed E-state index contributed by atoms with van der Waals surface area (Å²) < 4.78 is 0. The van der Waals surface area contributed by atoms with Crippen LogP contribution in [0.2, 0.25) is 0 Å². The maximum atomic E-state index is 12.4. The highest BCUT2D eigenvalue weighted by Crippen LogP contribution is 2.34. The van der Waals surface area contributed by atoms with Gasteiger partial charge in [0.15, 0.2) is 5.78 Å². The molecule has 3 heteroatoms. The number of nitrogens with one attached hydrogen (secondary N) is 1. The van der Waals surface area contributed by atoms with Gasteiger partial charge in [-0.3, -0.25) is 4.79 Å². The Morgan fingerprint density at radius 3 is 2.81 bits per heavy atom. The maximum Gasteiger partial charge on any atom is 0.158 e. The molecule has 1 N–H and O–H groups in total. The van der Waals surface area contributed by atoms with E-state index in [1.807, 2.05) is 36.6 Å². The van der Waals surface area contributed by atoms with E-state index in [1.54, 1.807) is 0 Å². The van der Waals surface area contributed by atoms with Crippen LogP contribution in [0, 0.1) is 5.92 Å². The first-order valence-electron chi connectivity index (χ1n) is 7.34. The Bertz CT molecular complexity index is 615. The van der Waals surface area contributed by atoms with E-state index in [1.165, 1.54) is 0 Å². The van der Waals surface area contributed by atoms with Crippen molar-refractivity contribution in [2.75, 3.05) is 0 Å². The van der Waals surface area contributed by atoms with E-state index in [9.17, 15) is 4.79 Å². The molecule has 0 saturated heterocycles. The Morgan fingerprint density at radius 2 is 2.00 bits per heavy atom. The number of ketones is 1. The number of alkyl halides is 1. The van der Waals surface area contributed by atoms with Crippen molar-refractivity contribution >= 4 is 23.5 Å². The molecule has 2 aliphatic rings. The molecular formula is C18H18ClNO. The summed E-state index contributed by atoms with van der Waals surface area (Å²) in [5.41, 5.74) is 3.16. The first-order valence-corrected chi connectivity index (χ1v) is 7.77. The topological polar surface area (TPSA) is 29.1 Å². The van der Waals surface area contributed by atoms with Crippen LogP contribution in [-0.2, 0) is 4.79 Å². The van der Waals surface area contributed by atoms with Gasteiger partial charge in [-0.15, -0.1) is 11.6 Å². The lowest BCUT2D eigenvalue weighted by atomic mass is 9.80. The zero-order valence-electron chi connectivity index (χ0n) is 11.8. The number of allylic oxidation sites excluding steroid dienone is 3. The molecule has 0 radical (unpaired) electrons. The van der Waals surface area contributed by atoms with Gasteiger partial charge >= 0.3 is 0 Å². The van der Waals surface area contributed by atoms with Gasteiger partial charge in [0.25, 0.3) is 0 Å². The van der Waals surface area contributed by atoms with Crippen LogP contribution >= 0.6 is 11.6 Å². The molecule has 108 valence electrons. The van der Waals surface area contributed by atoms with Crippen molar-refractivity contribution in [1.82, 2.24) is 5.32 Å². The maximum absolute atomic E-state index is 12.4. The Kier molecular flexibility index (Phi) is 4.26. The summed E-state index contributed by atoms with van der Waals surface area (Å²) >= 11 is 6.15. The minimum atomic E-state index is -0.339. The molecule has 2 unspecified atom stereocenters. The summed E-state index contributed by atoms with van der Waals surface area (Å²) in [7, 11) is 0. The molecule has 1 aromatic rings. The van der Waals surface area contributed by atoms with Crippen LogP contribution in [0.1, 0.15) is 24.8 Å². The fraction of sp³-hybridized carbons (Fsp3) is 0.278. The number of hydrogen-bond donors (Lipinski definition) is 1. The molecule has 0 spiro atoms. The summed E-state index contributed by atoms with van der Waals surface area (Å²) in [5.74, 6) is 0.0684. The Balaban J connectivity index is 1.91. The van der Waals surface area contributed by atoms with Crippen LogP contribution in [0.5, 0.6) is 0 Å². The molecule has 0 amide bonds. The summed E-state index contributed by atoms with van der Waals surface area (Å²) in [5, 5.41) is 2.93. The van der Waals surface area contributed by atoms with Crippen molar-refractivity contribution < 1.29 is 4.79 Å². The van der Waals surface area contributed by atoms with Crippen LogP contribution in [0.4, 0.5) is 0 Å². The monoisotopic (exact) mass is 299 g/mol. The van der Waals surface area contributed by atoms with Crippen molar-refractivity contribution in [2.24, 2.45) is 5.92 Å². The van der Waals surface area contributed by atoms with Crippen molar-refractivity contribution in [1.29, 1.82) is 0 Å². The van der Waals surface area contributed by atoms with E-state index in [0.29, 0.717) is 0 Å². The van der Waals surface area contributed by atoms with Crippen molar-refractivity contribution in [3.8, 4) is 0 Å². The van der Waals surface area contributed by atoms with Gasteiger partial charge < -0.3 is 5.32 Å². The summed E-state index contributed by atoms with van der Waals surface area (Å²) in [6.45, 7) is 0. The number of rotatable bonds is 2. The molecule has 2 nitrogen and oxygen atoms in total. The molecule has 1 heterocycles. The standard InChI is InChI=1S/C18H18ClNO/c19-16-10-4-8-15(18(16)21)14-9-5-11-20-17(14)12-13-6-2-1-3-7-13/h1-3,5-7,9,11-12,15-16,20H,4,8,10H2. The van der Waals surface area contributed by atoms with E-state index in [2.05, 4.69) is 23.5 Å². The summed E-state index contributed by atoms with van der Waals surface area (Å²) in [6, 6.07) is 10.1. The normalized spacial score (nSPS) is 27.4. The Hall–Kier alpha value is -1.80. The van der Waals surface area contributed by atoms with E-state index in [-0.39, 0.29) is 17.1 Å². The third kappa shape index (κ3) is 3.11. The quantitative estimate of drug-likeness (QED) is 0.835. The highest BCUT2D eigenvalue weighted by Gasteiger charge is 2.33. The zero-order chi connectivity index (χ0) is 14.7. The van der Waals surface area contributed by atoms with Crippen molar-refractivity contribution in [3.63, 3.8) is 0 Å².